The van der Waals surface area contributed by atoms with Crippen LogP contribution in [0.2, 0.25) is 0 Å². The molecule has 158 valence electrons. The van der Waals surface area contributed by atoms with Crippen LogP contribution in [0.25, 0.3) is 6.08 Å². The normalized spacial score (nSPS) is 17.8. The van der Waals surface area contributed by atoms with Gasteiger partial charge in [0, 0.05) is 24.3 Å². The number of hydrogen-bond acceptors (Lipinski definition) is 2. The molecule has 1 atom stereocenters. The summed E-state index contributed by atoms with van der Waals surface area (Å²) in [4.78, 5) is 23.0. The lowest BCUT2D eigenvalue weighted by Crippen LogP contribution is -2.27. The van der Waals surface area contributed by atoms with Crippen LogP contribution in [-0.4, -0.2) is 11.6 Å². The Hall–Kier alpha value is -1.70. The second-order valence-corrected chi connectivity index (χ2v) is 7.95. The maximum Gasteiger partial charge on any atom is 0.163 e. The van der Waals surface area contributed by atoms with Crippen molar-refractivity contribution in [3.05, 3.63) is 41.5 Å². The smallest absolute Gasteiger partial charge is 0.163 e. The van der Waals surface area contributed by atoms with E-state index in [4.69, 9.17) is 0 Å². The van der Waals surface area contributed by atoms with Gasteiger partial charge in [0.15, 0.2) is 5.78 Å². The Bertz CT molecular complexity index is 611. The highest BCUT2D eigenvalue weighted by atomic mass is 16.1. The number of carbonyl (C=O) groups is 2. The molecule has 1 aliphatic rings. The quantitative estimate of drug-likeness (QED) is 0.465. The van der Waals surface area contributed by atoms with E-state index in [1.54, 1.807) is 0 Å². The monoisotopic (exact) mass is 386 g/mol. The van der Waals surface area contributed by atoms with E-state index in [-0.39, 0.29) is 5.78 Å². The molecule has 1 fully saturated rings. The average molecular weight is 387 g/mol. The molecule has 1 unspecified atom stereocenters. The van der Waals surface area contributed by atoms with Gasteiger partial charge in [-0.05, 0) is 36.7 Å². The van der Waals surface area contributed by atoms with Gasteiger partial charge in [-0.3, -0.25) is 9.59 Å². The summed E-state index contributed by atoms with van der Waals surface area (Å²) in [5.74, 6) is 1.06. The van der Waals surface area contributed by atoms with Crippen LogP contribution >= 0.6 is 0 Å². The third kappa shape index (κ3) is 9.48. The minimum Gasteiger partial charge on any atom is -0.299 e. The Morgan fingerprint density at radius 3 is 2.25 bits per heavy atom. The van der Waals surface area contributed by atoms with Gasteiger partial charge >= 0.3 is 0 Å². The zero-order valence-electron chi connectivity index (χ0n) is 19.3. The van der Waals surface area contributed by atoms with Crippen LogP contribution in [0.5, 0.6) is 0 Å². The molecule has 1 aliphatic carbocycles. The van der Waals surface area contributed by atoms with E-state index in [2.05, 4.69) is 26.8 Å². The molecule has 0 radical (unpaired) electrons. The molecule has 2 rings (SSSR count). The second-order valence-electron chi connectivity index (χ2n) is 7.95. The first-order chi connectivity index (χ1) is 13.3. The first kappa shape index (κ1) is 26.3. The Balaban J connectivity index is 0.000000483. The third-order valence-corrected chi connectivity index (χ3v) is 5.12. The molecule has 1 aromatic carbocycles. The molecule has 0 aromatic heterocycles. The van der Waals surface area contributed by atoms with Gasteiger partial charge in [0.1, 0.15) is 5.78 Å². The summed E-state index contributed by atoms with van der Waals surface area (Å²) in [6.45, 7) is 14.5. The number of ketones is 2. The Kier molecular flexibility index (Phi) is 13.5. The lowest BCUT2D eigenvalue weighted by atomic mass is 9.71. The topological polar surface area (TPSA) is 34.1 Å². The van der Waals surface area contributed by atoms with Crippen LogP contribution in [0, 0.1) is 11.3 Å². The van der Waals surface area contributed by atoms with E-state index in [0.29, 0.717) is 23.5 Å². The first-order valence-corrected chi connectivity index (χ1v) is 11.2. The number of carbonyl (C=O) groups excluding carboxylic acids is 2. The van der Waals surface area contributed by atoms with Crippen molar-refractivity contribution in [3.63, 3.8) is 0 Å². The molecule has 28 heavy (non-hydrogen) atoms. The molecule has 0 spiro atoms. The largest absolute Gasteiger partial charge is 0.299 e. The third-order valence-electron chi connectivity index (χ3n) is 5.12. The summed E-state index contributed by atoms with van der Waals surface area (Å²) in [6.07, 6.45) is 11.1. The van der Waals surface area contributed by atoms with Gasteiger partial charge in [0.05, 0.1) is 0 Å². The Morgan fingerprint density at radius 2 is 1.71 bits per heavy atom. The molecule has 0 bridgehead atoms. The summed E-state index contributed by atoms with van der Waals surface area (Å²) in [7, 11) is 0. The van der Waals surface area contributed by atoms with Crippen LogP contribution in [0.4, 0.5) is 0 Å². The highest BCUT2D eigenvalue weighted by Crippen LogP contribution is 2.39. The van der Waals surface area contributed by atoms with E-state index < -0.39 is 0 Å². The molecule has 1 saturated carbocycles. The van der Waals surface area contributed by atoms with Crippen LogP contribution < -0.4 is 0 Å². The minimum absolute atomic E-state index is 0.210. The Morgan fingerprint density at radius 1 is 1.07 bits per heavy atom. The number of benzene rings is 1. The molecule has 0 heterocycles. The van der Waals surface area contributed by atoms with Crippen molar-refractivity contribution in [1.29, 1.82) is 0 Å². The van der Waals surface area contributed by atoms with Crippen LogP contribution in [0.15, 0.2) is 30.3 Å². The summed E-state index contributed by atoms with van der Waals surface area (Å²) in [5.41, 5.74) is 2.27. The summed E-state index contributed by atoms with van der Waals surface area (Å²) >= 11 is 0. The fraction of sp³-hybridized carbons (Fsp3) is 0.615. The highest BCUT2D eigenvalue weighted by Gasteiger charge is 2.30. The maximum atomic E-state index is 11.6. The van der Waals surface area contributed by atoms with Crippen LogP contribution in [0.1, 0.15) is 109 Å². The first-order valence-electron chi connectivity index (χ1n) is 11.2. The maximum absolute atomic E-state index is 11.6. The van der Waals surface area contributed by atoms with Gasteiger partial charge in [-0.15, -0.1) is 0 Å². The number of Topliss-reactive ketones (excluding diaryl/α,β-unsaturated/α-hetero) is 2. The molecule has 0 saturated heterocycles. The van der Waals surface area contributed by atoms with Crippen molar-refractivity contribution in [2.24, 2.45) is 11.3 Å². The number of allylic oxidation sites excluding steroid dienone is 1. The van der Waals surface area contributed by atoms with Crippen molar-refractivity contribution in [2.75, 3.05) is 0 Å². The molecule has 1 aromatic rings. The van der Waals surface area contributed by atoms with Crippen molar-refractivity contribution < 1.29 is 9.59 Å². The van der Waals surface area contributed by atoms with Crippen LogP contribution in [-0.2, 0) is 4.79 Å². The summed E-state index contributed by atoms with van der Waals surface area (Å²) in [5, 5.41) is 0. The predicted molar refractivity (Wildman–Crippen MR) is 123 cm³/mol. The summed E-state index contributed by atoms with van der Waals surface area (Å²) < 4.78 is 0. The van der Waals surface area contributed by atoms with Crippen molar-refractivity contribution in [3.8, 4) is 0 Å². The van der Waals surface area contributed by atoms with Crippen molar-refractivity contribution in [1.82, 2.24) is 0 Å². The SMILES string of the molecule is CC.CC/C=C/c1ccccc1C(=O)CC.CCC(=O)C1CCCC(C)(C)C1. The summed E-state index contributed by atoms with van der Waals surface area (Å²) in [6, 6.07) is 7.74. The average Bonchev–Trinajstić information content (AvgIpc) is 2.72. The van der Waals surface area contributed by atoms with E-state index >= 15 is 0 Å². The molecular formula is C26H42O2. The van der Waals surface area contributed by atoms with E-state index in [0.717, 1.165) is 36.8 Å². The zero-order chi connectivity index (χ0) is 21.6. The fourth-order valence-electron chi connectivity index (χ4n) is 3.59. The predicted octanol–water partition coefficient (Wildman–Crippen LogP) is 7.91. The molecule has 2 heteroatoms. The van der Waals surface area contributed by atoms with Gasteiger partial charge in [-0.25, -0.2) is 0 Å². The van der Waals surface area contributed by atoms with Crippen molar-refractivity contribution in [2.45, 2.75) is 93.4 Å². The molecule has 0 aliphatic heterocycles. The number of hydrogen-bond donors (Lipinski definition) is 0. The van der Waals surface area contributed by atoms with Gasteiger partial charge in [0.25, 0.3) is 0 Å². The van der Waals surface area contributed by atoms with Gasteiger partial charge in [0.2, 0.25) is 0 Å². The van der Waals surface area contributed by atoms with E-state index in [1.165, 1.54) is 12.8 Å². The van der Waals surface area contributed by atoms with Crippen LogP contribution in [0.3, 0.4) is 0 Å². The second kappa shape index (κ2) is 14.3. The Labute approximate surface area is 173 Å². The highest BCUT2D eigenvalue weighted by molar-refractivity contribution is 5.99. The standard InChI is InChI=1S/C13H16O.C11H20O.C2H6/c1-3-5-8-11-9-6-7-10-12(11)13(14)4-2;1-4-10(12)9-6-5-7-11(2,3)8-9;1-2/h5-10H,3-4H2,1-2H3;9H,4-8H2,1-3H3;1-2H3/b8-5+;;. The molecular weight excluding hydrogens is 344 g/mol. The minimum atomic E-state index is 0.210. The van der Waals surface area contributed by atoms with Crippen molar-refractivity contribution >= 4 is 17.6 Å². The van der Waals surface area contributed by atoms with E-state index in [9.17, 15) is 9.59 Å². The lowest BCUT2D eigenvalue weighted by molar-refractivity contribution is -0.124. The van der Waals surface area contributed by atoms with Gasteiger partial charge in [-0.2, -0.15) is 0 Å². The molecule has 0 amide bonds. The number of rotatable bonds is 6. The lowest BCUT2D eigenvalue weighted by Gasteiger charge is -2.34. The molecule has 0 N–H and O–H groups in total. The van der Waals surface area contributed by atoms with Gasteiger partial charge < -0.3 is 0 Å². The van der Waals surface area contributed by atoms with Gasteiger partial charge in [-0.1, -0.05) is 91.3 Å². The zero-order valence-corrected chi connectivity index (χ0v) is 19.3. The molecule has 2 nitrogen and oxygen atoms in total. The van der Waals surface area contributed by atoms with E-state index in [1.807, 2.05) is 58.0 Å². The fourth-order valence-corrected chi connectivity index (χ4v) is 3.59.